The van der Waals surface area contributed by atoms with Crippen LogP contribution in [0.25, 0.3) is 0 Å². The molecule has 30 heavy (non-hydrogen) atoms. The molecule has 0 saturated heterocycles. The highest BCUT2D eigenvalue weighted by atomic mass is 28.4. The number of fused-ring (bicyclic) bond motifs is 1. The third-order valence-electron chi connectivity index (χ3n) is 9.38. The van der Waals surface area contributed by atoms with E-state index in [0.717, 1.165) is 25.7 Å². The molecule has 178 valence electrons. The van der Waals surface area contributed by atoms with Gasteiger partial charge in [0.05, 0.1) is 5.60 Å². The fourth-order valence-corrected chi connectivity index (χ4v) is 8.01. The summed E-state index contributed by atoms with van der Waals surface area (Å²) in [6, 6.07) is 0. The maximum Gasteiger partial charge on any atom is 0.192 e. The molecule has 0 radical (unpaired) electrons. The minimum absolute atomic E-state index is 0.141. The molecule has 5 atom stereocenters. The number of rotatable bonds is 9. The monoisotopic (exact) mass is 440 g/mol. The number of aliphatic hydroxyl groups excluding tert-OH is 1. The first kappa shape index (κ1) is 26.4. The fourth-order valence-electron chi connectivity index (χ4n) is 6.61. The van der Waals surface area contributed by atoms with E-state index in [4.69, 9.17) is 4.43 Å². The van der Waals surface area contributed by atoms with E-state index in [-0.39, 0.29) is 17.1 Å². The zero-order chi connectivity index (χ0) is 23.0. The van der Waals surface area contributed by atoms with E-state index in [1.165, 1.54) is 32.1 Å². The van der Waals surface area contributed by atoms with Crippen molar-refractivity contribution in [2.45, 2.75) is 136 Å². The van der Waals surface area contributed by atoms with Gasteiger partial charge in [0.25, 0.3) is 0 Å². The molecule has 2 saturated carbocycles. The Morgan fingerprint density at radius 1 is 0.967 bits per heavy atom. The van der Waals surface area contributed by atoms with E-state index in [2.05, 4.69) is 47.7 Å². The zero-order valence-corrected chi connectivity index (χ0v) is 22.6. The summed E-state index contributed by atoms with van der Waals surface area (Å²) in [4.78, 5) is 0. The molecule has 0 aromatic carbocycles. The average molecular weight is 441 g/mol. The smallest absolute Gasteiger partial charge is 0.192 e. The lowest BCUT2D eigenvalue weighted by atomic mass is 9.56. The molecule has 2 rings (SSSR count). The first-order valence-electron chi connectivity index (χ1n) is 12.6. The summed E-state index contributed by atoms with van der Waals surface area (Å²) in [6.45, 7) is 20.9. The molecule has 3 unspecified atom stereocenters. The quantitative estimate of drug-likeness (QED) is 0.382. The summed E-state index contributed by atoms with van der Waals surface area (Å²) in [5, 5.41) is 20.4. The Labute approximate surface area is 188 Å². The molecule has 3 nitrogen and oxygen atoms in total. The molecule has 2 fully saturated rings. The molecule has 2 N–H and O–H groups in total. The Bertz CT molecular complexity index is 562. The van der Waals surface area contributed by atoms with Gasteiger partial charge in [-0.15, -0.1) is 0 Å². The summed E-state index contributed by atoms with van der Waals surface area (Å²) in [5.41, 5.74) is -0.151. The van der Waals surface area contributed by atoms with Crippen LogP contribution in [-0.2, 0) is 4.43 Å². The molecule has 0 aromatic heterocycles. The second-order valence-corrected chi connectivity index (χ2v) is 18.1. The van der Waals surface area contributed by atoms with E-state index in [9.17, 15) is 10.2 Å². The van der Waals surface area contributed by atoms with Gasteiger partial charge in [0, 0.05) is 12.7 Å². The van der Waals surface area contributed by atoms with Crippen molar-refractivity contribution in [3.8, 4) is 0 Å². The van der Waals surface area contributed by atoms with Gasteiger partial charge >= 0.3 is 0 Å². The third kappa shape index (κ3) is 5.71. The molecule has 0 aromatic rings. The predicted molar refractivity (Wildman–Crippen MR) is 130 cm³/mol. The lowest BCUT2D eigenvalue weighted by Gasteiger charge is -2.52. The standard InChI is InChI=1S/C26H52O3Si/c1-23(2,3)30(8,9)29-21-12-10-17-26(7)20(21)13-14-22(26)25(6,18-19-27)16-11-15-24(4,5)28/h20-22,27-28H,10-19H2,1-9H3/t20?,21?,22?,25-,26-/m0/s1. The Morgan fingerprint density at radius 3 is 2.13 bits per heavy atom. The zero-order valence-electron chi connectivity index (χ0n) is 21.6. The number of hydrogen-bond acceptors (Lipinski definition) is 3. The van der Waals surface area contributed by atoms with Crippen molar-refractivity contribution >= 4 is 8.32 Å². The first-order valence-corrected chi connectivity index (χ1v) is 15.5. The van der Waals surface area contributed by atoms with Gasteiger partial charge in [-0.1, -0.05) is 47.5 Å². The van der Waals surface area contributed by atoms with Crippen LogP contribution >= 0.6 is 0 Å². The highest BCUT2D eigenvalue weighted by Crippen LogP contribution is 2.63. The summed E-state index contributed by atoms with van der Waals surface area (Å²) < 4.78 is 7.03. The second-order valence-electron chi connectivity index (χ2n) is 13.3. The molecule has 0 heterocycles. The number of aliphatic hydroxyl groups is 2. The van der Waals surface area contributed by atoms with Crippen LogP contribution in [0.15, 0.2) is 0 Å². The maximum absolute atomic E-state index is 10.2. The average Bonchev–Trinajstić information content (AvgIpc) is 2.91. The van der Waals surface area contributed by atoms with Crippen LogP contribution in [0.4, 0.5) is 0 Å². The molecule has 2 aliphatic carbocycles. The molecular weight excluding hydrogens is 388 g/mol. The van der Waals surface area contributed by atoms with E-state index in [1.807, 2.05) is 13.8 Å². The van der Waals surface area contributed by atoms with Gasteiger partial charge in [0.1, 0.15) is 0 Å². The minimum Gasteiger partial charge on any atom is -0.414 e. The third-order valence-corrected chi connectivity index (χ3v) is 13.9. The first-order chi connectivity index (χ1) is 13.6. The van der Waals surface area contributed by atoms with Crippen LogP contribution in [0, 0.1) is 22.7 Å². The molecule has 0 aliphatic heterocycles. The highest BCUT2D eigenvalue weighted by molar-refractivity contribution is 6.74. The van der Waals surface area contributed by atoms with E-state index in [1.54, 1.807) is 0 Å². The minimum atomic E-state index is -1.78. The van der Waals surface area contributed by atoms with Crippen LogP contribution in [0.5, 0.6) is 0 Å². The van der Waals surface area contributed by atoms with Crippen molar-refractivity contribution in [2.75, 3.05) is 6.61 Å². The lowest BCUT2D eigenvalue weighted by Crippen LogP contribution is -2.51. The molecule has 0 spiro atoms. The maximum atomic E-state index is 10.2. The largest absolute Gasteiger partial charge is 0.414 e. The van der Waals surface area contributed by atoms with Crippen molar-refractivity contribution in [1.29, 1.82) is 0 Å². The fraction of sp³-hybridized carbons (Fsp3) is 1.00. The van der Waals surface area contributed by atoms with E-state index < -0.39 is 13.9 Å². The van der Waals surface area contributed by atoms with E-state index >= 15 is 0 Å². The summed E-state index contributed by atoms with van der Waals surface area (Å²) in [6.07, 6.45) is 10.6. The molecule has 0 amide bonds. The van der Waals surface area contributed by atoms with Crippen molar-refractivity contribution in [3.63, 3.8) is 0 Å². The Balaban J connectivity index is 2.21. The normalized spacial score (nSPS) is 32.7. The van der Waals surface area contributed by atoms with Gasteiger partial charge in [0.15, 0.2) is 8.32 Å². The highest BCUT2D eigenvalue weighted by Gasteiger charge is 2.57. The topological polar surface area (TPSA) is 49.7 Å². The summed E-state index contributed by atoms with van der Waals surface area (Å²) in [5.74, 6) is 1.28. The lowest BCUT2D eigenvalue weighted by molar-refractivity contribution is -0.0511. The van der Waals surface area contributed by atoms with Gasteiger partial charge in [0.2, 0.25) is 0 Å². The van der Waals surface area contributed by atoms with Crippen LogP contribution < -0.4 is 0 Å². The summed E-state index contributed by atoms with van der Waals surface area (Å²) >= 11 is 0. The molecule has 2 aliphatic rings. The predicted octanol–water partition coefficient (Wildman–Crippen LogP) is 6.92. The van der Waals surface area contributed by atoms with Crippen molar-refractivity contribution in [3.05, 3.63) is 0 Å². The van der Waals surface area contributed by atoms with Gasteiger partial charge in [-0.3, -0.25) is 0 Å². The van der Waals surface area contributed by atoms with Crippen LogP contribution in [0.1, 0.15) is 106 Å². The Morgan fingerprint density at radius 2 is 1.60 bits per heavy atom. The number of hydrogen-bond donors (Lipinski definition) is 2. The molecule has 0 bridgehead atoms. The summed E-state index contributed by atoms with van der Waals surface area (Å²) in [7, 11) is -1.78. The van der Waals surface area contributed by atoms with Crippen molar-refractivity contribution < 1.29 is 14.6 Å². The van der Waals surface area contributed by atoms with Gasteiger partial charge in [-0.25, -0.2) is 0 Å². The van der Waals surface area contributed by atoms with Gasteiger partial charge in [-0.2, -0.15) is 0 Å². The molecular formula is C26H52O3Si. The van der Waals surface area contributed by atoms with Crippen LogP contribution in [0.3, 0.4) is 0 Å². The molecule has 4 heteroatoms. The van der Waals surface area contributed by atoms with Crippen LogP contribution in [-0.4, -0.2) is 36.8 Å². The van der Waals surface area contributed by atoms with Crippen molar-refractivity contribution in [1.82, 2.24) is 0 Å². The van der Waals surface area contributed by atoms with Crippen molar-refractivity contribution in [2.24, 2.45) is 22.7 Å². The van der Waals surface area contributed by atoms with Gasteiger partial charge < -0.3 is 14.6 Å². The second kappa shape index (κ2) is 9.15. The van der Waals surface area contributed by atoms with Gasteiger partial charge in [-0.05, 0) is 99.6 Å². The Hall–Kier alpha value is 0.0969. The van der Waals surface area contributed by atoms with E-state index in [0.29, 0.717) is 23.4 Å². The Kier molecular flexibility index (Phi) is 8.04. The van der Waals surface area contributed by atoms with Crippen LogP contribution in [0.2, 0.25) is 18.1 Å². The SMILES string of the molecule is CC(C)(O)CCC[C@@](C)(CCO)C1CCC2C(O[Si](C)(C)C(C)(C)C)CCC[C@@]21C.